The number of halogens is 1. The summed E-state index contributed by atoms with van der Waals surface area (Å²) in [6.07, 6.45) is 6.07. The Balaban J connectivity index is 2.07. The second-order valence-electron chi connectivity index (χ2n) is 5.10. The zero-order valence-electron chi connectivity index (χ0n) is 11.0. The first kappa shape index (κ1) is 13.3. The molecule has 0 aliphatic heterocycles. The van der Waals surface area contributed by atoms with Crippen molar-refractivity contribution in [3.05, 3.63) is 29.6 Å². The van der Waals surface area contributed by atoms with Gasteiger partial charge in [0.15, 0.2) is 0 Å². The Kier molecular flexibility index (Phi) is 4.59. The molecule has 0 radical (unpaired) electrons. The van der Waals surface area contributed by atoms with E-state index in [-0.39, 0.29) is 18.5 Å². The highest BCUT2D eigenvalue weighted by Crippen LogP contribution is 2.31. The molecule has 0 bridgehead atoms. The van der Waals surface area contributed by atoms with Crippen molar-refractivity contribution in [2.75, 3.05) is 0 Å². The summed E-state index contributed by atoms with van der Waals surface area (Å²) in [4.78, 5) is 0. The zero-order chi connectivity index (χ0) is 13.0. The topological polar surface area (TPSA) is 35.2 Å². The maximum atomic E-state index is 13.6. The first-order chi connectivity index (χ1) is 8.74. The van der Waals surface area contributed by atoms with Gasteiger partial charge in [0.1, 0.15) is 11.6 Å². The molecule has 1 aromatic rings. The second kappa shape index (κ2) is 6.19. The summed E-state index contributed by atoms with van der Waals surface area (Å²) >= 11 is 0. The molecular weight excluding hydrogens is 229 g/mol. The van der Waals surface area contributed by atoms with E-state index in [9.17, 15) is 4.39 Å². The van der Waals surface area contributed by atoms with E-state index in [1.54, 1.807) is 6.07 Å². The van der Waals surface area contributed by atoms with Crippen LogP contribution in [0.15, 0.2) is 18.2 Å². The first-order valence-electron chi connectivity index (χ1n) is 6.88. The van der Waals surface area contributed by atoms with Crippen LogP contribution in [0.3, 0.4) is 0 Å². The number of ether oxygens (including phenoxy) is 1. The summed E-state index contributed by atoms with van der Waals surface area (Å²) in [5.41, 5.74) is 6.09. The lowest BCUT2D eigenvalue weighted by Crippen LogP contribution is -2.25. The number of nitrogens with two attached hydrogens (primary N) is 1. The fraction of sp³-hybridized carbons (Fsp3) is 0.600. The summed E-state index contributed by atoms with van der Waals surface area (Å²) in [5, 5.41) is 0. The molecule has 0 amide bonds. The number of rotatable bonds is 4. The molecule has 0 spiro atoms. The number of benzene rings is 1. The van der Waals surface area contributed by atoms with E-state index >= 15 is 0 Å². The van der Waals surface area contributed by atoms with Crippen molar-refractivity contribution in [2.45, 2.75) is 51.7 Å². The van der Waals surface area contributed by atoms with Crippen LogP contribution < -0.4 is 10.5 Å². The predicted octanol–water partition coefficient (Wildman–Crippen LogP) is 3.63. The van der Waals surface area contributed by atoms with E-state index in [4.69, 9.17) is 10.5 Å². The van der Waals surface area contributed by atoms with Gasteiger partial charge in [0.25, 0.3) is 0 Å². The normalized spacial score (nSPS) is 23.9. The standard InChI is InChI=1S/C15H22FNO/c1-2-11-5-3-6-12(9-11)18-15-8-4-7-14(16)13(15)10-17/h4,7-8,11-12H,2-3,5-6,9-10,17H2,1H3. The van der Waals surface area contributed by atoms with Crippen LogP contribution in [0.5, 0.6) is 5.75 Å². The minimum absolute atomic E-state index is 0.186. The molecule has 0 aromatic heterocycles. The summed E-state index contributed by atoms with van der Waals surface area (Å²) in [7, 11) is 0. The zero-order valence-corrected chi connectivity index (χ0v) is 11.0. The van der Waals surface area contributed by atoms with Gasteiger partial charge in [-0.3, -0.25) is 0 Å². The molecule has 1 fully saturated rings. The summed E-state index contributed by atoms with van der Waals surface area (Å²) in [5.74, 6) is 1.11. The third kappa shape index (κ3) is 3.02. The molecule has 1 saturated carbocycles. The van der Waals surface area contributed by atoms with Gasteiger partial charge in [-0.2, -0.15) is 0 Å². The molecular formula is C15H22FNO. The van der Waals surface area contributed by atoms with E-state index in [1.165, 1.54) is 25.3 Å². The molecule has 2 rings (SSSR count). The van der Waals surface area contributed by atoms with E-state index in [0.717, 1.165) is 18.8 Å². The molecule has 1 aliphatic carbocycles. The molecule has 2 atom stereocenters. The van der Waals surface area contributed by atoms with Gasteiger partial charge in [0.2, 0.25) is 0 Å². The van der Waals surface area contributed by atoms with Gasteiger partial charge in [-0.1, -0.05) is 25.8 Å². The summed E-state index contributed by atoms with van der Waals surface area (Å²) < 4.78 is 19.6. The van der Waals surface area contributed by atoms with Crippen LogP contribution in [0.2, 0.25) is 0 Å². The minimum Gasteiger partial charge on any atom is -0.490 e. The molecule has 2 nitrogen and oxygen atoms in total. The maximum Gasteiger partial charge on any atom is 0.131 e. The molecule has 3 heteroatoms. The Labute approximate surface area is 108 Å². The summed E-state index contributed by atoms with van der Waals surface area (Å²) in [6, 6.07) is 4.94. The Hall–Kier alpha value is -1.09. The lowest BCUT2D eigenvalue weighted by Gasteiger charge is -2.29. The molecule has 1 aromatic carbocycles. The Morgan fingerprint density at radius 3 is 2.94 bits per heavy atom. The average molecular weight is 251 g/mol. The lowest BCUT2D eigenvalue weighted by atomic mass is 9.85. The highest BCUT2D eigenvalue weighted by atomic mass is 19.1. The Morgan fingerprint density at radius 2 is 2.22 bits per heavy atom. The highest BCUT2D eigenvalue weighted by Gasteiger charge is 2.23. The van der Waals surface area contributed by atoms with Crippen LogP contribution in [0, 0.1) is 11.7 Å². The highest BCUT2D eigenvalue weighted by molar-refractivity contribution is 5.34. The molecule has 1 aliphatic rings. The van der Waals surface area contributed by atoms with Gasteiger partial charge < -0.3 is 10.5 Å². The maximum absolute atomic E-state index is 13.6. The van der Waals surface area contributed by atoms with E-state index in [0.29, 0.717) is 11.3 Å². The third-order valence-corrected chi connectivity index (χ3v) is 3.89. The van der Waals surface area contributed by atoms with E-state index < -0.39 is 0 Å². The van der Waals surface area contributed by atoms with Crippen LogP contribution in [-0.2, 0) is 6.54 Å². The predicted molar refractivity (Wildman–Crippen MR) is 71.0 cm³/mol. The number of hydrogen-bond donors (Lipinski definition) is 1. The molecule has 2 N–H and O–H groups in total. The van der Waals surface area contributed by atoms with Crippen LogP contribution in [0.4, 0.5) is 4.39 Å². The SMILES string of the molecule is CCC1CCCC(Oc2cccc(F)c2CN)C1. The molecule has 2 unspecified atom stereocenters. The minimum atomic E-state index is -0.266. The van der Waals surface area contributed by atoms with Crippen molar-refractivity contribution < 1.29 is 9.13 Å². The fourth-order valence-electron chi connectivity index (χ4n) is 2.75. The van der Waals surface area contributed by atoms with Crippen LogP contribution in [0.25, 0.3) is 0 Å². The lowest BCUT2D eigenvalue weighted by molar-refractivity contribution is 0.120. The fourth-order valence-corrected chi connectivity index (χ4v) is 2.75. The first-order valence-corrected chi connectivity index (χ1v) is 6.88. The van der Waals surface area contributed by atoms with Crippen molar-refractivity contribution >= 4 is 0 Å². The molecule has 18 heavy (non-hydrogen) atoms. The quantitative estimate of drug-likeness (QED) is 0.886. The monoisotopic (exact) mass is 251 g/mol. The third-order valence-electron chi connectivity index (χ3n) is 3.89. The average Bonchev–Trinajstić information content (AvgIpc) is 2.39. The van der Waals surface area contributed by atoms with Crippen molar-refractivity contribution in [3.63, 3.8) is 0 Å². The molecule has 100 valence electrons. The van der Waals surface area contributed by atoms with Crippen molar-refractivity contribution in [3.8, 4) is 5.75 Å². The van der Waals surface area contributed by atoms with Gasteiger partial charge in [-0.15, -0.1) is 0 Å². The summed E-state index contributed by atoms with van der Waals surface area (Å²) in [6.45, 7) is 2.41. The van der Waals surface area contributed by atoms with Crippen molar-refractivity contribution in [1.29, 1.82) is 0 Å². The van der Waals surface area contributed by atoms with Gasteiger partial charge in [0.05, 0.1) is 6.10 Å². The van der Waals surface area contributed by atoms with Crippen molar-refractivity contribution in [2.24, 2.45) is 11.7 Å². The Bertz CT molecular complexity index is 394. The van der Waals surface area contributed by atoms with Crippen LogP contribution >= 0.6 is 0 Å². The second-order valence-corrected chi connectivity index (χ2v) is 5.10. The molecule has 0 heterocycles. The van der Waals surface area contributed by atoms with Crippen LogP contribution in [0.1, 0.15) is 44.6 Å². The van der Waals surface area contributed by atoms with Gasteiger partial charge >= 0.3 is 0 Å². The molecule has 0 saturated heterocycles. The largest absolute Gasteiger partial charge is 0.490 e. The van der Waals surface area contributed by atoms with E-state index in [2.05, 4.69) is 6.92 Å². The van der Waals surface area contributed by atoms with Gasteiger partial charge in [-0.05, 0) is 37.3 Å². The smallest absolute Gasteiger partial charge is 0.131 e. The Morgan fingerprint density at radius 1 is 1.39 bits per heavy atom. The van der Waals surface area contributed by atoms with Crippen LogP contribution in [-0.4, -0.2) is 6.10 Å². The van der Waals surface area contributed by atoms with Gasteiger partial charge in [0, 0.05) is 12.1 Å². The number of hydrogen-bond acceptors (Lipinski definition) is 2. The van der Waals surface area contributed by atoms with Gasteiger partial charge in [-0.25, -0.2) is 4.39 Å². The van der Waals surface area contributed by atoms with Crippen molar-refractivity contribution in [1.82, 2.24) is 0 Å². The van der Waals surface area contributed by atoms with E-state index in [1.807, 2.05) is 6.07 Å².